The smallest absolute Gasteiger partial charge is 0.193 e. The number of nitrogens with zero attached hydrogens (tertiary/aromatic N) is 1. The zero-order valence-corrected chi connectivity index (χ0v) is 15.1. The molecule has 0 heterocycles. The standard InChI is InChI=1S/C13H21N3O2S.HI/c1-10(2)11-5-4-6-12(9-11)16-13(14)15-7-8-19(3,17)18;/h4-6,9-10H,7-8H2,1-3H3,(H3,14,15,16);1H. The largest absolute Gasteiger partial charge is 0.370 e. The van der Waals surface area contributed by atoms with Gasteiger partial charge in [0, 0.05) is 11.9 Å². The maximum Gasteiger partial charge on any atom is 0.193 e. The van der Waals surface area contributed by atoms with Crippen molar-refractivity contribution in [2.24, 2.45) is 10.7 Å². The maximum absolute atomic E-state index is 11.0. The van der Waals surface area contributed by atoms with Crippen molar-refractivity contribution in [2.45, 2.75) is 19.8 Å². The predicted molar refractivity (Wildman–Crippen MR) is 95.8 cm³/mol. The number of rotatable bonds is 5. The summed E-state index contributed by atoms with van der Waals surface area (Å²) < 4.78 is 21.9. The van der Waals surface area contributed by atoms with E-state index in [1.165, 1.54) is 11.8 Å². The summed E-state index contributed by atoms with van der Waals surface area (Å²) in [5.41, 5.74) is 7.76. The highest BCUT2D eigenvalue weighted by molar-refractivity contribution is 14.0. The van der Waals surface area contributed by atoms with Crippen LogP contribution in [0.5, 0.6) is 0 Å². The molecule has 0 atom stereocenters. The minimum atomic E-state index is -3.00. The monoisotopic (exact) mass is 411 g/mol. The molecule has 0 unspecified atom stereocenters. The fraction of sp³-hybridized carbons (Fsp3) is 0.462. The Bertz CT molecular complexity index is 556. The first kappa shape index (κ1) is 19.2. The normalized spacial score (nSPS) is 12.1. The van der Waals surface area contributed by atoms with E-state index in [2.05, 4.69) is 24.2 Å². The third-order valence-electron chi connectivity index (χ3n) is 2.57. The SMILES string of the molecule is CC(C)c1cccc(NC(N)=NCCS(C)(=O)=O)c1.I. The lowest BCUT2D eigenvalue weighted by Gasteiger charge is -2.09. The molecule has 114 valence electrons. The Labute approximate surface area is 138 Å². The average Bonchev–Trinajstić information content (AvgIpc) is 2.27. The second-order valence-corrected chi connectivity index (χ2v) is 7.06. The molecule has 20 heavy (non-hydrogen) atoms. The lowest BCUT2D eigenvalue weighted by molar-refractivity contribution is 0.601. The highest BCUT2D eigenvalue weighted by atomic mass is 127. The van der Waals surface area contributed by atoms with Gasteiger partial charge in [0.2, 0.25) is 0 Å². The molecule has 1 aromatic rings. The molecule has 0 fully saturated rings. The van der Waals surface area contributed by atoms with Crippen molar-refractivity contribution in [3.8, 4) is 0 Å². The van der Waals surface area contributed by atoms with Crippen LogP contribution in [0.15, 0.2) is 29.3 Å². The van der Waals surface area contributed by atoms with Crippen molar-refractivity contribution in [1.29, 1.82) is 0 Å². The fourth-order valence-corrected chi connectivity index (χ4v) is 1.92. The third kappa shape index (κ3) is 7.68. The zero-order chi connectivity index (χ0) is 14.5. The minimum absolute atomic E-state index is 0. The number of sulfone groups is 1. The summed E-state index contributed by atoms with van der Waals surface area (Å²) in [6.07, 6.45) is 1.18. The van der Waals surface area contributed by atoms with E-state index in [4.69, 9.17) is 5.73 Å². The van der Waals surface area contributed by atoms with Crippen LogP contribution < -0.4 is 11.1 Å². The maximum atomic E-state index is 11.0. The molecule has 0 aliphatic carbocycles. The molecule has 5 nitrogen and oxygen atoms in total. The molecule has 7 heteroatoms. The highest BCUT2D eigenvalue weighted by Crippen LogP contribution is 2.18. The van der Waals surface area contributed by atoms with Gasteiger partial charge in [-0.05, 0) is 23.6 Å². The topological polar surface area (TPSA) is 84.5 Å². The summed E-state index contributed by atoms with van der Waals surface area (Å²) >= 11 is 0. The average molecular weight is 411 g/mol. The van der Waals surface area contributed by atoms with E-state index >= 15 is 0 Å². The first-order valence-electron chi connectivity index (χ1n) is 6.12. The molecule has 0 saturated heterocycles. The van der Waals surface area contributed by atoms with Gasteiger partial charge in [0.05, 0.1) is 12.3 Å². The Kier molecular flexibility index (Phi) is 8.10. The molecule has 0 aliphatic heterocycles. The number of benzene rings is 1. The molecular weight excluding hydrogens is 389 g/mol. The van der Waals surface area contributed by atoms with Crippen LogP contribution in [0, 0.1) is 0 Å². The van der Waals surface area contributed by atoms with Crippen LogP contribution in [-0.4, -0.2) is 32.9 Å². The Hall–Kier alpha value is -0.830. The molecule has 0 aliphatic rings. The van der Waals surface area contributed by atoms with Crippen LogP contribution in [0.1, 0.15) is 25.3 Å². The molecule has 0 saturated carbocycles. The van der Waals surface area contributed by atoms with E-state index in [0.717, 1.165) is 5.69 Å². The predicted octanol–water partition coefficient (Wildman–Crippen LogP) is 2.20. The van der Waals surface area contributed by atoms with Crippen molar-refractivity contribution in [3.63, 3.8) is 0 Å². The van der Waals surface area contributed by atoms with Gasteiger partial charge < -0.3 is 11.1 Å². The van der Waals surface area contributed by atoms with Gasteiger partial charge in [0.25, 0.3) is 0 Å². The molecule has 0 radical (unpaired) electrons. The first-order chi connectivity index (χ1) is 8.78. The van der Waals surface area contributed by atoms with Gasteiger partial charge in [0.15, 0.2) is 5.96 Å². The Morgan fingerprint density at radius 1 is 1.40 bits per heavy atom. The van der Waals surface area contributed by atoms with Crippen molar-refractivity contribution < 1.29 is 8.42 Å². The number of hydrogen-bond donors (Lipinski definition) is 2. The van der Waals surface area contributed by atoms with Crippen molar-refractivity contribution in [1.82, 2.24) is 0 Å². The zero-order valence-electron chi connectivity index (χ0n) is 12.0. The van der Waals surface area contributed by atoms with Crippen LogP contribution >= 0.6 is 24.0 Å². The summed E-state index contributed by atoms with van der Waals surface area (Å²) in [5.74, 6) is 0.663. The highest BCUT2D eigenvalue weighted by Gasteiger charge is 2.02. The van der Waals surface area contributed by atoms with Crippen LogP contribution in [-0.2, 0) is 9.84 Å². The number of anilines is 1. The second kappa shape index (κ2) is 8.46. The quantitative estimate of drug-likeness (QED) is 0.442. The lowest BCUT2D eigenvalue weighted by atomic mass is 10.0. The molecule has 0 spiro atoms. The van der Waals surface area contributed by atoms with Gasteiger partial charge in [-0.2, -0.15) is 0 Å². The van der Waals surface area contributed by atoms with Gasteiger partial charge in [-0.3, -0.25) is 4.99 Å². The first-order valence-corrected chi connectivity index (χ1v) is 8.18. The Balaban J connectivity index is 0.00000361. The third-order valence-corrected chi connectivity index (χ3v) is 3.49. The number of nitrogens with one attached hydrogen (secondary N) is 1. The van der Waals surface area contributed by atoms with Gasteiger partial charge in [-0.15, -0.1) is 24.0 Å². The Morgan fingerprint density at radius 3 is 2.60 bits per heavy atom. The van der Waals surface area contributed by atoms with Gasteiger partial charge in [-0.1, -0.05) is 26.0 Å². The van der Waals surface area contributed by atoms with Crippen molar-refractivity contribution in [3.05, 3.63) is 29.8 Å². The van der Waals surface area contributed by atoms with Crippen LogP contribution in [0.4, 0.5) is 5.69 Å². The number of aliphatic imine (C=N–C) groups is 1. The minimum Gasteiger partial charge on any atom is -0.370 e. The summed E-state index contributed by atoms with van der Waals surface area (Å²) in [6.45, 7) is 4.40. The Morgan fingerprint density at radius 2 is 2.05 bits per heavy atom. The molecule has 1 aromatic carbocycles. The van der Waals surface area contributed by atoms with Gasteiger partial charge in [0.1, 0.15) is 9.84 Å². The van der Waals surface area contributed by atoms with E-state index in [0.29, 0.717) is 5.92 Å². The summed E-state index contributed by atoms with van der Waals surface area (Å²) in [7, 11) is -3.00. The summed E-state index contributed by atoms with van der Waals surface area (Å²) in [6, 6.07) is 7.89. The molecule has 0 amide bonds. The van der Waals surface area contributed by atoms with E-state index in [-0.39, 0.29) is 42.2 Å². The lowest BCUT2D eigenvalue weighted by Crippen LogP contribution is -2.23. The number of halogens is 1. The molecule has 1 rings (SSSR count). The van der Waals surface area contributed by atoms with E-state index < -0.39 is 9.84 Å². The van der Waals surface area contributed by atoms with E-state index in [9.17, 15) is 8.42 Å². The van der Waals surface area contributed by atoms with E-state index in [1.54, 1.807) is 0 Å². The van der Waals surface area contributed by atoms with Crippen molar-refractivity contribution in [2.75, 3.05) is 23.9 Å². The summed E-state index contributed by atoms with van der Waals surface area (Å²) in [5, 5.41) is 2.96. The molecular formula is C13H22IN3O2S. The molecule has 0 bridgehead atoms. The van der Waals surface area contributed by atoms with Gasteiger partial charge in [-0.25, -0.2) is 8.42 Å². The number of hydrogen-bond acceptors (Lipinski definition) is 3. The molecule has 3 N–H and O–H groups in total. The summed E-state index contributed by atoms with van der Waals surface area (Å²) in [4.78, 5) is 3.98. The van der Waals surface area contributed by atoms with Gasteiger partial charge >= 0.3 is 0 Å². The second-order valence-electron chi connectivity index (χ2n) is 4.80. The van der Waals surface area contributed by atoms with Crippen LogP contribution in [0.3, 0.4) is 0 Å². The van der Waals surface area contributed by atoms with Crippen LogP contribution in [0.25, 0.3) is 0 Å². The van der Waals surface area contributed by atoms with E-state index in [1.807, 2.05) is 24.3 Å². The number of guanidine groups is 1. The number of nitrogens with two attached hydrogens (primary N) is 1. The van der Waals surface area contributed by atoms with Crippen molar-refractivity contribution >= 4 is 45.5 Å². The molecule has 0 aromatic heterocycles. The fourth-order valence-electron chi connectivity index (χ4n) is 1.49. The van der Waals surface area contributed by atoms with Crippen LogP contribution in [0.2, 0.25) is 0 Å².